The molecule has 0 saturated carbocycles. The lowest BCUT2D eigenvalue weighted by atomic mass is 10.2. The molecule has 1 unspecified atom stereocenters. The molecule has 1 rings (SSSR count). The molecule has 0 aliphatic rings. The van der Waals surface area contributed by atoms with Crippen molar-refractivity contribution in [2.75, 3.05) is 6.54 Å². The van der Waals surface area contributed by atoms with Gasteiger partial charge < -0.3 is 9.67 Å². The Hall–Kier alpha value is -1.36. The molecule has 5 heteroatoms. The first kappa shape index (κ1) is 12.7. The number of aromatic nitrogens is 2. The van der Waals surface area contributed by atoms with Crippen LogP contribution in [0.2, 0.25) is 0 Å². The van der Waals surface area contributed by atoms with E-state index < -0.39 is 12.0 Å². The van der Waals surface area contributed by atoms with Crippen molar-refractivity contribution in [1.29, 1.82) is 0 Å². The number of nitrogens with zero attached hydrogens (tertiary/aromatic N) is 2. The van der Waals surface area contributed by atoms with Crippen LogP contribution in [0.25, 0.3) is 0 Å². The summed E-state index contributed by atoms with van der Waals surface area (Å²) in [5.41, 5.74) is 0.725. The van der Waals surface area contributed by atoms with Gasteiger partial charge in [-0.1, -0.05) is 13.8 Å². The highest BCUT2D eigenvalue weighted by Crippen LogP contribution is 2.13. The molecule has 0 saturated heterocycles. The van der Waals surface area contributed by atoms with Gasteiger partial charge in [-0.25, -0.2) is 4.98 Å². The number of aliphatic carboxylic acids is 1. The van der Waals surface area contributed by atoms with E-state index in [2.05, 4.69) is 17.2 Å². The summed E-state index contributed by atoms with van der Waals surface area (Å²) < 4.78 is 1.89. The highest BCUT2D eigenvalue weighted by Gasteiger charge is 2.22. The topological polar surface area (TPSA) is 67.2 Å². The van der Waals surface area contributed by atoms with Crippen LogP contribution in [0.4, 0.5) is 0 Å². The molecule has 1 aromatic heterocycles. The minimum atomic E-state index is -0.855. The second kappa shape index (κ2) is 6.27. The fraction of sp³-hybridized carbons (Fsp3) is 0.636. The lowest BCUT2D eigenvalue weighted by Gasteiger charge is -2.15. The highest BCUT2D eigenvalue weighted by atomic mass is 16.4. The van der Waals surface area contributed by atoms with E-state index in [9.17, 15) is 4.79 Å². The Morgan fingerprint density at radius 2 is 2.31 bits per heavy atom. The Balaban J connectivity index is 2.83. The van der Waals surface area contributed by atoms with E-state index in [1.54, 1.807) is 12.5 Å². The van der Waals surface area contributed by atoms with Crippen LogP contribution >= 0.6 is 0 Å². The fourth-order valence-electron chi connectivity index (χ4n) is 1.61. The van der Waals surface area contributed by atoms with Gasteiger partial charge in [0.05, 0.1) is 18.2 Å². The van der Waals surface area contributed by atoms with Crippen molar-refractivity contribution < 1.29 is 9.90 Å². The van der Waals surface area contributed by atoms with Crippen molar-refractivity contribution in [2.24, 2.45) is 0 Å². The summed E-state index contributed by atoms with van der Waals surface area (Å²) in [6, 6.07) is -0.658. The second-order valence-electron chi connectivity index (χ2n) is 3.74. The molecule has 0 bridgehead atoms. The maximum Gasteiger partial charge on any atom is 0.326 e. The van der Waals surface area contributed by atoms with Crippen molar-refractivity contribution >= 4 is 5.97 Å². The van der Waals surface area contributed by atoms with Gasteiger partial charge in [-0.05, 0) is 19.4 Å². The molecule has 5 nitrogen and oxygen atoms in total. The van der Waals surface area contributed by atoms with Crippen LogP contribution in [0.1, 0.15) is 38.4 Å². The van der Waals surface area contributed by atoms with Gasteiger partial charge in [-0.15, -0.1) is 0 Å². The Bertz CT molecular complexity index is 336. The molecule has 0 amide bonds. The summed E-state index contributed by atoms with van der Waals surface area (Å²) in [5.74, 6) is -0.855. The SMILES string of the molecule is CCCNC(C(=O)O)c1cncn1CCC. The maximum atomic E-state index is 11.2. The molecule has 2 N–H and O–H groups in total. The van der Waals surface area contributed by atoms with E-state index in [0.29, 0.717) is 6.54 Å². The molecule has 0 spiro atoms. The minimum Gasteiger partial charge on any atom is -0.480 e. The molecular weight excluding hydrogens is 206 g/mol. The van der Waals surface area contributed by atoms with Crippen LogP contribution in [0.5, 0.6) is 0 Å². The van der Waals surface area contributed by atoms with Gasteiger partial charge in [0.25, 0.3) is 0 Å². The zero-order chi connectivity index (χ0) is 12.0. The van der Waals surface area contributed by atoms with Crippen LogP contribution in [0, 0.1) is 0 Å². The van der Waals surface area contributed by atoms with Gasteiger partial charge in [-0.3, -0.25) is 10.1 Å². The largest absolute Gasteiger partial charge is 0.480 e. The molecule has 0 aromatic carbocycles. The highest BCUT2D eigenvalue weighted by molar-refractivity contribution is 5.74. The number of aryl methyl sites for hydroxylation is 1. The van der Waals surface area contributed by atoms with Gasteiger partial charge in [0.1, 0.15) is 6.04 Å². The maximum absolute atomic E-state index is 11.2. The van der Waals surface area contributed by atoms with Gasteiger partial charge in [0.2, 0.25) is 0 Å². The number of carboxylic acids is 1. The van der Waals surface area contributed by atoms with Crippen molar-refractivity contribution in [2.45, 2.75) is 39.3 Å². The number of hydrogen-bond donors (Lipinski definition) is 2. The Morgan fingerprint density at radius 1 is 1.56 bits per heavy atom. The first-order chi connectivity index (χ1) is 7.70. The van der Waals surface area contributed by atoms with E-state index in [0.717, 1.165) is 25.1 Å². The summed E-state index contributed by atoms with van der Waals surface area (Å²) in [5, 5.41) is 12.2. The number of imidazole rings is 1. The Labute approximate surface area is 95.5 Å². The van der Waals surface area contributed by atoms with E-state index in [4.69, 9.17) is 5.11 Å². The minimum absolute atomic E-state index is 0.658. The van der Waals surface area contributed by atoms with Crippen LogP contribution < -0.4 is 5.32 Å². The van der Waals surface area contributed by atoms with Crippen molar-refractivity contribution in [1.82, 2.24) is 14.9 Å². The summed E-state index contributed by atoms with van der Waals surface area (Å²) in [7, 11) is 0. The molecule has 0 radical (unpaired) electrons. The van der Waals surface area contributed by atoms with Crippen molar-refractivity contribution in [3.05, 3.63) is 18.2 Å². The lowest BCUT2D eigenvalue weighted by Crippen LogP contribution is -2.30. The Morgan fingerprint density at radius 3 is 2.88 bits per heavy atom. The average molecular weight is 225 g/mol. The third-order valence-corrected chi connectivity index (χ3v) is 2.35. The van der Waals surface area contributed by atoms with Crippen molar-refractivity contribution in [3.8, 4) is 0 Å². The number of nitrogens with one attached hydrogen (secondary N) is 1. The molecule has 0 fully saturated rings. The zero-order valence-corrected chi connectivity index (χ0v) is 9.81. The van der Waals surface area contributed by atoms with Gasteiger partial charge in [0.15, 0.2) is 0 Å². The van der Waals surface area contributed by atoms with Crippen molar-refractivity contribution in [3.63, 3.8) is 0 Å². The summed E-state index contributed by atoms with van der Waals surface area (Å²) in [6.45, 7) is 5.55. The molecule has 1 heterocycles. The third-order valence-electron chi connectivity index (χ3n) is 2.35. The predicted molar refractivity (Wildman–Crippen MR) is 61.2 cm³/mol. The number of rotatable bonds is 7. The second-order valence-corrected chi connectivity index (χ2v) is 3.74. The van der Waals surface area contributed by atoms with Gasteiger partial charge in [-0.2, -0.15) is 0 Å². The number of carboxylic acid groups (broad SMARTS) is 1. The summed E-state index contributed by atoms with van der Waals surface area (Å²) >= 11 is 0. The first-order valence-electron chi connectivity index (χ1n) is 5.66. The normalized spacial score (nSPS) is 12.6. The Kier molecular flexibility index (Phi) is 4.98. The quantitative estimate of drug-likeness (QED) is 0.736. The first-order valence-corrected chi connectivity index (χ1v) is 5.66. The number of carbonyl (C=O) groups is 1. The molecule has 16 heavy (non-hydrogen) atoms. The molecular formula is C11H19N3O2. The molecule has 1 aromatic rings. The monoisotopic (exact) mass is 225 g/mol. The molecule has 1 atom stereocenters. The third kappa shape index (κ3) is 3.06. The zero-order valence-electron chi connectivity index (χ0n) is 9.81. The van der Waals surface area contributed by atoms with Crippen LogP contribution in [-0.2, 0) is 11.3 Å². The number of hydrogen-bond acceptors (Lipinski definition) is 3. The lowest BCUT2D eigenvalue weighted by molar-refractivity contribution is -0.139. The van der Waals surface area contributed by atoms with E-state index in [-0.39, 0.29) is 0 Å². The molecule has 0 aliphatic carbocycles. The van der Waals surface area contributed by atoms with Crippen LogP contribution in [-0.4, -0.2) is 27.2 Å². The predicted octanol–water partition coefficient (Wildman–Crippen LogP) is 1.42. The van der Waals surface area contributed by atoms with Gasteiger partial charge >= 0.3 is 5.97 Å². The van der Waals surface area contributed by atoms with E-state index in [1.807, 2.05) is 11.5 Å². The van der Waals surface area contributed by atoms with Crippen LogP contribution in [0.3, 0.4) is 0 Å². The van der Waals surface area contributed by atoms with E-state index >= 15 is 0 Å². The fourth-order valence-corrected chi connectivity index (χ4v) is 1.61. The van der Waals surface area contributed by atoms with Gasteiger partial charge in [0, 0.05) is 6.54 Å². The van der Waals surface area contributed by atoms with E-state index in [1.165, 1.54) is 0 Å². The molecule has 90 valence electrons. The average Bonchev–Trinajstić information content (AvgIpc) is 2.67. The summed E-state index contributed by atoms with van der Waals surface area (Å²) in [6.07, 6.45) is 5.18. The van der Waals surface area contributed by atoms with Crippen LogP contribution in [0.15, 0.2) is 12.5 Å². The molecule has 0 aliphatic heterocycles. The summed E-state index contributed by atoms with van der Waals surface area (Å²) in [4.78, 5) is 15.2. The smallest absolute Gasteiger partial charge is 0.326 e. The standard InChI is InChI=1S/C11H19N3O2/c1-3-5-13-10(11(15)16)9-7-12-8-14(9)6-4-2/h7-8,10,13H,3-6H2,1-2H3,(H,15,16).